The molecule has 3 rings (SSSR count). The summed E-state index contributed by atoms with van der Waals surface area (Å²) in [4.78, 5) is 26.6. The van der Waals surface area contributed by atoms with Gasteiger partial charge >= 0.3 is 0 Å². The highest BCUT2D eigenvalue weighted by Gasteiger charge is 2.25. The number of amides is 2. The molecule has 1 saturated heterocycles. The zero-order valence-corrected chi connectivity index (χ0v) is 17.8. The molecule has 1 aliphatic heterocycles. The second-order valence-electron chi connectivity index (χ2n) is 7.66. The maximum Gasteiger partial charge on any atom is 0.243 e. The van der Waals surface area contributed by atoms with Crippen molar-refractivity contribution in [3.05, 3.63) is 59.4 Å². The van der Waals surface area contributed by atoms with E-state index in [4.69, 9.17) is 4.74 Å². The molecular formula is C23H26F3N3O3. The molecule has 1 atom stereocenters. The molecule has 1 fully saturated rings. The number of anilines is 1. The van der Waals surface area contributed by atoms with Crippen LogP contribution in [0.4, 0.5) is 18.9 Å². The lowest BCUT2D eigenvalue weighted by atomic mass is 10.0. The molecule has 0 aromatic heterocycles. The Labute approximate surface area is 184 Å². The van der Waals surface area contributed by atoms with E-state index in [1.54, 1.807) is 7.11 Å². The van der Waals surface area contributed by atoms with Gasteiger partial charge in [-0.3, -0.25) is 14.5 Å². The molecule has 2 N–H and O–H groups in total. The topological polar surface area (TPSA) is 70.7 Å². The van der Waals surface area contributed by atoms with Crippen LogP contribution in [0.15, 0.2) is 36.4 Å². The van der Waals surface area contributed by atoms with Gasteiger partial charge in [0.1, 0.15) is 5.75 Å². The molecule has 6 nitrogen and oxygen atoms in total. The van der Waals surface area contributed by atoms with Crippen molar-refractivity contribution in [2.75, 3.05) is 32.1 Å². The minimum absolute atomic E-state index is 0.0688. The molecule has 2 aromatic carbocycles. The lowest BCUT2D eigenvalue weighted by molar-refractivity contribution is -0.125. The largest absolute Gasteiger partial charge is 0.497 e. The van der Waals surface area contributed by atoms with Gasteiger partial charge in [0, 0.05) is 6.04 Å². The van der Waals surface area contributed by atoms with Gasteiger partial charge in [0.2, 0.25) is 11.8 Å². The van der Waals surface area contributed by atoms with Gasteiger partial charge in [-0.05, 0) is 49.2 Å². The van der Waals surface area contributed by atoms with Gasteiger partial charge in [-0.15, -0.1) is 0 Å². The lowest BCUT2D eigenvalue weighted by Crippen LogP contribution is -2.41. The summed E-state index contributed by atoms with van der Waals surface area (Å²) in [5.41, 5.74) is 0.599. The third kappa shape index (κ3) is 6.00. The van der Waals surface area contributed by atoms with Crippen molar-refractivity contribution in [3.63, 3.8) is 0 Å². The third-order valence-corrected chi connectivity index (χ3v) is 5.47. The first-order valence-corrected chi connectivity index (χ1v) is 10.5. The van der Waals surface area contributed by atoms with Crippen LogP contribution in [-0.2, 0) is 9.59 Å². The predicted octanol–water partition coefficient (Wildman–Crippen LogP) is 3.78. The SMILES string of the molecule is COc1ccc([C@@H]2CCCCCN2CC(=O)NCC(=O)Nc2ccc(F)c(F)c2F)cc1. The molecule has 0 radical (unpaired) electrons. The molecule has 2 amide bonds. The summed E-state index contributed by atoms with van der Waals surface area (Å²) in [7, 11) is 1.61. The third-order valence-electron chi connectivity index (χ3n) is 5.47. The summed E-state index contributed by atoms with van der Waals surface area (Å²) in [6, 6.07) is 9.46. The zero-order valence-electron chi connectivity index (χ0n) is 17.8. The normalized spacial score (nSPS) is 16.8. The number of nitrogens with zero attached hydrogens (tertiary/aromatic N) is 1. The monoisotopic (exact) mass is 449 g/mol. The number of likely N-dealkylation sites (tertiary alicyclic amines) is 1. The molecule has 0 spiro atoms. The van der Waals surface area contributed by atoms with Crippen molar-refractivity contribution in [1.29, 1.82) is 0 Å². The molecule has 0 bridgehead atoms. The van der Waals surface area contributed by atoms with Gasteiger partial charge in [-0.2, -0.15) is 0 Å². The molecule has 0 saturated carbocycles. The minimum atomic E-state index is -1.67. The second kappa shape index (κ2) is 11.0. The van der Waals surface area contributed by atoms with Gasteiger partial charge in [0.15, 0.2) is 17.5 Å². The maximum absolute atomic E-state index is 13.7. The highest BCUT2D eigenvalue weighted by Crippen LogP contribution is 2.30. The number of benzene rings is 2. The number of rotatable bonds is 7. The van der Waals surface area contributed by atoms with Crippen molar-refractivity contribution >= 4 is 17.5 Å². The van der Waals surface area contributed by atoms with Crippen LogP contribution in [0.3, 0.4) is 0 Å². The Morgan fingerprint density at radius 2 is 1.75 bits per heavy atom. The van der Waals surface area contributed by atoms with Crippen molar-refractivity contribution in [2.45, 2.75) is 31.7 Å². The van der Waals surface area contributed by atoms with E-state index in [0.29, 0.717) is 6.07 Å². The molecular weight excluding hydrogens is 423 g/mol. The lowest BCUT2D eigenvalue weighted by Gasteiger charge is -2.29. The predicted molar refractivity (Wildman–Crippen MR) is 114 cm³/mol. The van der Waals surface area contributed by atoms with E-state index in [1.165, 1.54) is 0 Å². The molecule has 172 valence electrons. The van der Waals surface area contributed by atoms with Crippen LogP contribution in [0.1, 0.15) is 37.3 Å². The number of hydrogen-bond acceptors (Lipinski definition) is 4. The number of nitrogens with one attached hydrogen (secondary N) is 2. The number of carbonyl (C=O) groups excluding carboxylic acids is 2. The number of ether oxygens (including phenoxy) is 1. The average molecular weight is 449 g/mol. The van der Waals surface area contributed by atoms with Crippen LogP contribution in [0.25, 0.3) is 0 Å². The van der Waals surface area contributed by atoms with Crippen LogP contribution >= 0.6 is 0 Å². The van der Waals surface area contributed by atoms with Crippen LogP contribution in [-0.4, -0.2) is 43.5 Å². The van der Waals surface area contributed by atoms with Crippen LogP contribution < -0.4 is 15.4 Å². The average Bonchev–Trinajstić information content (AvgIpc) is 3.03. The summed E-state index contributed by atoms with van der Waals surface area (Å²) in [6.07, 6.45) is 4.01. The van der Waals surface area contributed by atoms with Gasteiger partial charge in [-0.25, -0.2) is 13.2 Å². The Hall–Kier alpha value is -3.07. The molecule has 1 heterocycles. The Morgan fingerprint density at radius 1 is 1.00 bits per heavy atom. The number of halogens is 3. The van der Waals surface area contributed by atoms with Gasteiger partial charge < -0.3 is 15.4 Å². The highest BCUT2D eigenvalue weighted by molar-refractivity contribution is 5.94. The zero-order chi connectivity index (χ0) is 23.1. The minimum Gasteiger partial charge on any atom is -0.497 e. The van der Waals surface area contributed by atoms with Crippen LogP contribution in [0.5, 0.6) is 5.75 Å². The second-order valence-corrected chi connectivity index (χ2v) is 7.66. The first-order chi connectivity index (χ1) is 15.4. The van der Waals surface area contributed by atoms with Crippen molar-refractivity contribution < 1.29 is 27.5 Å². The quantitative estimate of drug-likeness (QED) is 0.631. The molecule has 0 aliphatic carbocycles. The number of hydrogen-bond donors (Lipinski definition) is 2. The van der Waals surface area contributed by atoms with E-state index >= 15 is 0 Å². The van der Waals surface area contributed by atoms with E-state index in [1.807, 2.05) is 24.3 Å². The van der Waals surface area contributed by atoms with Crippen molar-refractivity contribution in [1.82, 2.24) is 10.2 Å². The highest BCUT2D eigenvalue weighted by atomic mass is 19.2. The van der Waals surface area contributed by atoms with E-state index in [-0.39, 0.29) is 18.5 Å². The summed E-state index contributed by atoms with van der Waals surface area (Å²) in [5.74, 6) is -4.85. The van der Waals surface area contributed by atoms with E-state index < -0.39 is 35.6 Å². The molecule has 1 aliphatic rings. The standard InChI is InChI=1S/C23H26F3N3O3/c1-32-16-8-6-15(7-9-16)19-5-3-2-4-12-29(19)14-21(31)27-13-20(30)28-18-11-10-17(24)22(25)23(18)26/h6-11,19H,2-5,12-14H2,1H3,(H,27,31)(H,28,30)/t19-/m0/s1. The Morgan fingerprint density at radius 3 is 2.47 bits per heavy atom. The molecule has 32 heavy (non-hydrogen) atoms. The molecule has 9 heteroatoms. The number of methoxy groups -OCH3 is 1. The molecule has 2 aromatic rings. The maximum atomic E-state index is 13.7. The fourth-order valence-corrected chi connectivity index (χ4v) is 3.80. The first-order valence-electron chi connectivity index (χ1n) is 10.5. The Kier molecular flexibility index (Phi) is 8.10. The molecule has 0 unspecified atom stereocenters. The van der Waals surface area contributed by atoms with Crippen molar-refractivity contribution in [3.8, 4) is 5.75 Å². The fourth-order valence-electron chi connectivity index (χ4n) is 3.80. The summed E-state index contributed by atoms with van der Waals surface area (Å²) < 4.78 is 45.2. The smallest absolute Gasteiger partial charge is 0.243 e. The summed E-state index contributed by atoms with van der Waals surface area (Å²) in [6.45, 7) is 0.429. The fraction of sp³-hybridized carbons (Fsp3) is 0.391. The van der Waals surface area contributed by atoms with Gasteiger partial charge in [0.05, 0.1) is 25.9 Å². The van der Waals surface area contributed by atoms with Crippen molar-refractivity contribution in [2.24, 2.45) is 0 Å². The van der Waals surface area contributed by atoms with Crippen LogP contribution in [0.2, 0.25) is 0 Å². The van der Waals surface area contributed by atoms with Gasteiger partial charge in [-0.1, -0.05) is 25.0 Å². The Balaban J connectivity index is 1.57. The van der Waals surface area contributed by atoms with Crippen LogP contribution in [0, 0.1) is 17.5 Å². The first kappa shape index (κ1) is 23.6. The Bertz CT molecular complexity index is 953. The summed E-state index contributed by atoms with van der Waals surface area (Å²) >= 11 is 0. The van der Waals surface area contributed by atoms with E-state index in [0.717, 1.165) is 49.6 Å². The number of carbonyl (C=O) groups is 2. The summed E-state index contributed by atoms with van der Waals surface area (Å²) in [5, 5.41) is 4.64. The van der Waals surface area contributed by atoms with E-state index in [2.05, 4.69) is 15.5 Å². The van der Waals surface area contributed by atoms with E-state index in [9.17, 15) is 22.8 Å². The van der Waals surface area contributed by atoms with Gasteiger partial charge in [0.25, 0.3) is 0 Å².